The zero-order valence-electron chi connectivity index (χ0n) is 14.5. The fourth-order valence-electron chi connectivity index (χ4n) is 3.53. The number of nitrogens with zero attached hydrogens (tertiary/aromatic N) is 1. The summed E-state index contributed by atoms with van der Waals surface area (Å²) in [6, 6.07) is 4.88. The van der Waals surface area contributed by atoms with Gasteiger partial charge in [0.2, 0.25) is 0 Å². The maximum absolute atomic E-state index is 13.7. The number of ether oxygens (including phenoxy) is 3. The van der Waals surface area contributed by atoms with Gasteiger partial charge in [0.1, 0.15) is 18.2 Å². The fraction of sp³-hybridized carbons (Fsp3) is 0.556. The van der Waals surface area contributed by atoms with Crippen LogP contribution >= 0.6 is 0 Å². The Bertz CT molecular complexity index is 728. The number of cyclic esters (lactones) is 1. The quantitative estimate of drug-likeness (QED) is 0.887. The molecule has 2 amide bonds. The summed E-state index contributed by atoms with van der Waals surface area (Å²) < 4.78 is 29.6. The standard InChI is InChI=1S/C18H21FN2O5/c1-11-2-3-15(14(19)4-11)24-7-12-5-13(6-12)26-17(23)21-8-18(9-21)10-25-16(22)20-18/h2-4,12-13H,5-10H2,1H3,(H,20,22)/t12-,13+. The lowest BCUT2D eigenvalue weighted by Crippen LogP contribution is -2.70. The van der Waals surface area contributed by atoms with Gasteiger partial charge in [0, 0.05) is 0 Å². The van der Waals surface area contributed by atoms with E-state index in [0.717, 1.165) is 5.56 Å². The minimum Gasteiger partial charge on any atom is -0.490 e. The first kappa shape index (κ1) is 16.9. The third-order valence-electron chi connectivity index (χ3n) is 5.11. The minimum atomic E-state index is -0.440. The molecule has 1 saturated carbocycles. The van der Waals surface area contributed by atoms with Crippen molar-refractivity contribution in [2.24, 2.45) is 5.92 Å². The largest absolute Gasteiger partial charge is 0.490 e. The number of benzene rings is 1. The summed E-state index contributed by atoms with van der Waals surface area (Å²) in [5.41, 5.74) is 0.409. The molecule has 4 rings (SSSR count). The molecule has 1 aromatic carbocycles. The first-order valence-electron chi connectivity index (χ1n) is 8.72. The second-order valence-electron chi connectivity index (χ2n) is 7.43. The highest BCUT2D eigenvalue weighted by Gasteiger charge is 2.52. The number of likely N-dealkylation sites (tertiary alicyclic amines) is 1. The van der Waals surface area contributed by atoms with Gasteiger partial charge in [-0.25, -0.2) is 14.0 Å². The monoisotopic (exact) mass is 364 g/mol. The van der Waals surface area contributed by atoms with Crippen molar-refractivity contribution in [3.63, 3.8) is 0 Å². The normalized spacial score (nSPS) is 25.8. The molecular weight excluding hydrogens is 343 g/mol. The Morgan fingerprint density at radius 3 is 2.85 bits per heavy atom. The van der Waals surface area contributed by atoms with Crippen LogP contribution in [0.5, 0.6) is 5.75 Å². The molecule has 140 valence electrons. The van der Waals surface area contributed by atoms with Crippen LogP contribution in [0.3, 0.4) is 0 Å². The molecule has 8 heteroatoms. The molecule has 2 aliphatic heterocycles. The summed E-state index contributed by atoms with van der Waals surface area (Å²) in [6.45, 7) is 3.33. The van der Waals surface area contributed by atoms with Crippen LogP contribution in [0.25, 0.3) is 0 Å². The van der Waals surface area contributed by atoms with Crippen molar-refractivity contribution < 1.29 is 28.2 Å². The van der Waals surface area contributed by atoms with Crippen LogP contribution < -0.4 is 10.1 Å². The van der Waals surface area contributed by atoms with Crippen molar-refractivity contribution in [2.45, 2.75) is 31.4 Å². The molecule has 0 radical (unpaired) electrons. The van der Waals surface area contributed by atoms with Gasteiger partial charge in [0.05, 0.1) is 19.7 Å². The molecule has 7 nitrogen and oxygen atoms in total. The van der Waals surface area contributed by atoms with E-state index in [9.17, 15) is 14.0 Å². The van der Waals surface area contributed by atoms with E-state index < -0.39 is 11.6 Å². The highest BCUT2D eigenvalue weighted by atomic mass is 19.1. The third-order valence-corrected chi connectivity index (χ3v) is 5.11. The highest BCUT2D eigenvalue weighted by Crippen LogP contribution is 2.33. The Balaban J connectivity index is 1.15. The molecule has 1 aliphatic carbocycles. The van der Waals surface area contributed by atoms with E-state index in [4.69, 9.17) is 14.2 Å². The predicted molar refractivity (Wildman–Crippen MR) is 88.4 cm³/mol. The van der Waals surface area contributed by atoms with Crippen molar-refractivity contribution in [1.29, 1.82) is 0 Å². The van der Waals surface area contributed by atoms with Crippen LogP contribution in [-0.2, 0) is 9.47 Å². The molecule has 0 aromatic heterocycles. The lowest BCUT2D eigenvalue weighted by molar-refractivity contribution is -0.0360. The average Bonchev–Trinajstić information content (AvgIpc) is 2.91. The molecule has 26 heavy (non-hydrogen) atoms. The van der Waals surface area contributed by atoms with Crippen LogP contribution in [0, 0.1) is 18.7 Å². The number of nitrogens with one attached hydrogen (secondary N) is 1. The number of halogens is 1. The molecule has 0 unspecified atom stereocenters. The lowest BCUT2D eigenvalue weighted by atomic mass is 9.83. The van der Waals surface area contributed by atoms with Crippen LogP contribution in [0.2, 0.25) is 0 Å². The highest BCUT2D eigenvalue weighted by molar-refractivity contribution is 5.74. The van der Waals surface area contributed by atoms with Crippen molar-refractivity contribution in [2.75, 3.05) is 26.3 Å². The second-order valence-corrected chi connectivity index (χ2v) is 7.43. The maximum Gasteiger partial charge on any atom is 0.410 e. The molecule has 1 N–H and O–H groups in total. The molecule has 0 bridgehead atoms. The Morgan fingerprint density at radius 1 is 1.42 bits per heavy atom. The molecule has 1 aromatic rings. The van der Waals surface area contributed by atoms with E-state index in [-0.39, 0.29) is 36.3 Å². The average molecular weight is 364 g/mol. The topological polar surface area (TPSA) is 77.1 Å². The van der Waals surface area contributed by atoms with Crippen LogP contribution in [0.4, 0.5) is 14.0 Å². The van der Waals surface area contributed by atoms with E-state index in [0.29, 0.717) is 32.5 Å². The number of aryl methyl sites for hydroxylation is 1. The maximum atomic E-state index is 13.7. The summed E-state index contributed by atoms with van der Waals surface area (Å²) in [4.78, 5) is 24.7. The Hall–Kier alpha value is -2.51. The second kappa shape index (κ2) is 6.34. The van der Waals surface area contributed by atoms with Crippen LogP contribution in [0.15, 0.2) is 18.2 Å². The van der Waals surface area contributed by atoms with E-state index in [1.54, 1.807) is 17.0 Å². The Labute approximate surface area is 150 Å². The van der Waals surface area contributed by atoms with Gasteiger partial charge in [-0.1, -0.05) is 6.07 Å². The Morgan fingerprint density at radius 2 is 2.19 bits per heavy atom. The fourth-order valence-corrected chi connectivity index (χ4v) is 3.53. The molecular formula is C18H21FN2O5. The van der Waals surface area contributed by atoms with Gasteiger partial charge in [0.15, 0.2) is 11.6 Å². The van der Waals surface area contributed by atoms with Gasteiger partial charge >= 0.3 is 12.2 Å². The summed E-state index contributed by atoms with van der Waals surface area (Å²) in [5.74, 6) is 0.142. The zero-order valence-corrected chi connectivity index (χ0v) is 14.5. The predicted octanol–water partition coefficient (Wildman–Crippen LogP) is 2.22. The van der Waals surface area contributed by atoms with Crippen LogP contribution in [-0.4, -0.2) is 55.0 Å². The molecule has 1 spiro atoms. The van der Waals surface area contributed by atoms with Crippen LogP contribution in [0.1, 0.15) is 18.4 Å². The number of rotatable bonds is 4. The molecule has 0 atom stereocenters. The zero-order chi connectivity index (χ0) is 18.3. The molecule has 2 saturated heterocycles. The number of hydrogen-bond donors (Lipinski definition) is 1. The number of amides is 2. The SMILES string of the molecule is Cc1ccc(OC[C@H]2C[C@@H](OC(=O)N3CC4(COC(=O)N4)C3)C2)c(F)c1. The van der Waals surface area contributed by atoms with Crippen molar-refractivity contribution in [3.8, 4) is 5.75 Å². The molecule has 2 heterocycles. The van der Waals surface area contributed by atoms with E-state index in [1.807, 2.05) is 6.92 Å². The van der Waals surface area contributed by atoms with E-state index >= 15 is 0 Å². The van der Waals surface area contributed by atoms with Gasteiger partial charge in [-0.15, -0.1) is 0 Å². The first-order chi connectivity index (χ1) is 12.4. The summed E-state index contributed by atoms with van der Waals surface area (Å²) in [7, 11) is 0. The summed E-state index contributed by atoms with van der Waals surface area (Å²) in [6.07, 6.45) is 0.469. The first-order valence-corrected chi connectivity index (χ1v) is 8.72. The van der Waals surface area contributed by atoms with Crippen molar-refractivity contribution >= 4 is 12.2 Å². The minimum absolute atomic E-state index is 0.134. The number of carbonyl (C=O) groups excluding carboxylic acids is 2. The van der Waals surface area contributed by atoms with Gasteiger partial charge in [-0.3, -0.25) is 0 Å². The lowest BCUT2D eigenvalue weighted by Gasteiger charge is -2.46. The molecule has 3 aliphatic rings. The molecule has 3 fully saturated rings. The summed E-state index contributed by atoms with van der Waals surface area (Å²) >= 11 is 0. The van der Waals surface area contributed by atoms with Gasteiger partial charge in [-0.2, -0.15) is 0 Å². The van der Waals surface area contributed by atoms with E-state index in [1.165, 1.54) is 6.07 Å². The number of hydrogen-bond acceptors (Lipinski definition) is 5. The summed E-state index contributed by atoms with van der Waals surface area (Å²) in [5, 5.41) is 2.72. The van der Waals surface area contributed by atoms with Gasteiger partial charge in [0.25, 0.3) is 0 Å². The Kier molecular flexibility index (Phi) is 4.13. The van der Waals surface area contributed by atoms with Gasteiger partial charge < -0.3 is 24.4 Å². The van der Waals surface area contributed by atoms with Gasteiger partial charge in [-0.05, 0) is 43.4 Å². The number of alkyl carbamates (subject to hydrolysis) is 1. The third kappa shape index (κ3) is 3.27. The van der Waals surface area contributed by atoms with E-state index in [2.05, 4.69) is 5.32 Å². The smallest absolute Gasteiger partial charge is 0.410 e. The van der Waals surface area contributed by atoms with Crippen molar-refractivity contribution in [1.82, 2.24) is 10.2 Å². The van der Waals surface area contributed by atoms with Crippen molar-refractivity contribution in [3.05, 3.63) is 29.6 Å². The number of carbonyl (C=O) groups is 2.